The van der Waals surface area contributed by atoms with Crippen LogP contribution >= 0.6 is 0 Å². The summed E-state index contributed by atoms with van der Waals surface area (Å²) in [7, 11) is 1.84. The lowest BCUT2D eigenvalue weighted by molar-refractivity contribution is -0.150. The Morgan fingerprint density at radius 1 is 1.47 bits per heavy atom. The first-order valence-corrected chi connectivity index (χ1v) is 5.91. The molecule has 1 amide bonds. The minimum absolute atomic E-state index is 0.364. The highest BCUT2D eigenvalue weighted by atomic mass is 19.4. The van der Waals surface area contributed by atoms with E-state index in [4.69, 9.17) is 0 Å². The summed E-state index contributed by atoms with van der Waals surface area (Å²) in [5.74, 6) is -0.00767. The molecule has 0 aliphatic carbocycles. The van der Waals surface area contributed by atoms with Gasteiger partial charge in [0.1, 0.15) is 0 Å². The molecule has 1 N–H and O–H groups in total. The number of hydrogen-bond donors (Lipinski definition) is 1. The Labute approximate surface area is 99.4 Å². The van der Waals surface area contributed by atoms with Crippen molar-refractivity contribution in [1.29, 1.82) is 0 Å². The zero-order valence-electron chi connectivity index (χ0n) is 10.0. The van der Waals surface area contributed by atoms with E-state index in [0.29, 0.717) is 19.0 Å². The second-order valence-electron chi connectivity index (χ2n) is 4.52. The second kappa shape index (κ2) is 6.23. The van der Waals surface area contributed by atoms with E-state index in [1.165, 1.54) is 0 Å². The number of alkyl halides is 3. The molecule has 0 bridgehead atoms. The third-order valence-electron chi connectivity index (χ3n) is 2.99. The summed E-state index contributed by atoms with van der Waals surface area (Å²) in [5, 5.41) is 3.04. The monoisotopic (exact) mass is 252 g/mol. The first-order valence-electron chi connectivity index (χ1n) is 5.91. The molecule has 0 aromatic carbocycles. The van der Waals surface area contributed by atoms with Crippen LogP contribution in [0.2, 0.25) is 0 Å². The molecule has 1 fully saturated rings. The molecule has 6 heteroatoms. The quantitative estimate of drug-likeness (QED) is 0.827. The SMILES string of the molecule is CNC[C@@H]1CCCN(C(=O)CCC(F)(F)F)C1. The van der Waals surface area contributed by atoms with Crippen LogP contribution in [0.5, 0.6) is 0 Å². The molecular weight excluding hydrogens is 233 g/mol. The number of rotatable bonds is 4. The Morgan fingerprint density at radius 3 is 2.76 bits per heavy atom. The van der Waals surface area contributed by atoms with Gasteiger partial charge in [-0.3, -0.25) is 4.79 Å². The maximum absolute atomic E-state index is 12.0. The van der Waals surface area contributed by atoms with Crippen molar-refractivity contribution in [3.8, 4) is 0 Å². The molecule has 0 aromatic heterocycles. The number of carbonyl (C=O) groups excluding carboxylic acids is 1. The van der Waals surface area contributed by atoms with Crippen LogP contribution in [0.3, 0.4) is 0 Å². The van der Waals surface area contributed by atoms with E-state index in [0.717, 1.165) is 19.4 Å². The zero-order chi connectivity index (χ0) is 12.9. The van der Waals surface area contributed by atoms with E-state index in [1.54, 1.807) is 4.90 Å². The molecule has 3 nitrogen and oxygen atoms in total. The van der Waals surface area contributed by atoms with E-state index in [-0.39, 0.29) is 5.91 Å². The van der Waals surface area contributed by atoms with Crippen molar-refractivity contribution >= 4 is 5.91 Å². The Kier molecular flexibility index (Phi) is 5.24. The molecule has 0 radical (unpaired) electrons. The highest BCUT2D eigenvalue weighted by molar-refractivity contribution is 5.76. The second-order valence-corrected chi connectivity index (χ2v) is 4.52. The van der Waals surface area contributed by atoms with Gasteiger partial charge in [-0.1, -0.05) is 0 Å². The molecule has 0 aromatic rings. The number of hydrogen-bond acceptors (Lipinski definition) is 2. The topological polar surface area (TPSA) is 32.3 Å². The zero-order valence-corrected chi connectivity index (χ0v) is 10.0. The standard InChI is InChI=1S/C11H19F3N2O/c1-15-7-9-3-2-6-16(8-9)10(17)4-5-11(12,13)14/h9,15H,2-8H2,1H3/t9-/m0/s1. The van der Waals surface area contributed by atoms with Gasteiger partial charge in [-0.25, -0.2) is 0 Å². The average Bonchev–Trinajstić information content (AvgIpc) is 2.26. The fourth-order valence-electron chi connectivity index (χ4n) is 2.15. The molecule has 1 aliphatic heterocycles. The van der Waals surface area contributed by atoms with Crippen LogP contribution in [-0.2, 0) is 4.79 Å². The van der Waals surface area contributed by atoms with Crippen molar-refractivity contribution in [3.63, 3.8) is 0 Å². The number of halogens is 3. The summed E-state index contributed by atoms with van der Waals surface area (Å²) in [6, 6.07) is 0. The van der Waals surface area contributed by atoms with E-state index >= 15 is 0 Å². The molecule has 1 saturated heterocycles. The van der Waals surface area contributed by atoms with E-state index < -0.39 is 19.0 Å². The fraction of sp³-hybridized carbons (Fsp3) is 0.909. The largest absolute Gasteiger partial charge is 0.389 e. The first-order chi connectivity index (χ1) is 7.92. The van der Waals surface area contributed by atoms with Gasteiger partial charge < -0.3 is 10.2 Å². The van der Waals surface area contributed by atoms with Crippen molar-refractivity contribution < 1.29 is 18.0 Å². The third kappa shape index (κ3) is 5.39. The lowest BCUT2D eigenvalue weighted by atomic mass is 9.97. The van der Waals surface area contributed by atoms with Crippen LogP contribution in [0.25, 0.3) is 0 Å². The molecular formula is C11H19F3N2O. The molecule has 1 atom stereocenters. The summed E-state index contributed by atoms with van der Waals surface area (Å²) in [6.45, 7) is 1.98. The molecule has 1 aliphatic rings. The maximum atomic E-state index is 12.0. The van der Waals surface area contributed by atoms with Crippen molar-refractivity contribution in [2.24, 2.45) is 5.92 Å². The van der Waals surface area contributed by atoms with Gasteiger partial charge in [0.15, 0.2) is 0 Å². The normalized spacial score (nSPS) is 21.6. The maximum Gasteiger partial charge on any atom is 0.389 e. The lowest BCUT2D eigenvalue weighted by Crippen LogP contribution is -2.42. The van der Waals surface area contributed by atoms with Gasteiger partial charge >= 0.3 is 6.18 Å². The number of amides is 1. The molecule has 1 heterocycles. The molecule has 100 valence electrons. The van der Waals surface area contributed by atoms with Gasteiger partial charge in [0.25, 0.3) is 0 Å². The lowest BCUT2D eigenvalue weighted by Gasteiger charge is -2.32. The van der Waals surface area contributed by atoms with Crippen LogP contribution in [0, 0.1) is 5.92 Å². The van der Waals surface area contributed by atoms with Gasteiger partial charge in [0, 0.05) is 19.5 Å². The van der Waals surface area contributed by atoms with Gasteiger partial charge in [0.2, 0.25) is 5.91 Å². The van der Waals surface area contributed by atoms with E-state index in [9.17, 15) is 18.0 Å². The highest BCUT2D eigenvalue weighted by Gasteiger charge is 2.30. The molecule has 17 heavy (non-hydrogen) atoms. The van der Waals surface area contributed by atoms with Crippen molar-refractivity contribution in [1.82, 2.24) is 10.2 Å². The molecule has 0 spiro atoms. The fourth-order valence-corrected chi connectivity index (χ4v) is 2.15. The van der Waals surface area contributed by atoms with Gasteiger partial charge in [-0.05, 0) is 32.4 Å². The van der Waals surface area contributed by atoms with Crippen LogP contribution < -0.4 is 5.32 Å². The van der Waals surface area contributed by atoms with Crippen LogP contribution in [0.4, 0.5) is 13.2 Å². The minimum Gasteiger partial charge on any atom is -0.342 e. The minimum atomic E-state index is -4.24. The van der Waals surface area contributed by atoms with Crippen molar-refractivity contribution in [3.05, 3.63) is 0 Å². The summed E-state index contributed by atoms with van der Waals surface area (Å²) in [6.07, 6.45) is -3.77. The van der Waals surface area contributed by atoms with E-state index in [2.05, 4.69) is 5.32 Å². The van der Waals surface area contributed by atoms with Crippen molar-refractivity contribution in [2.75, 3.05) is 26.7 Å². The predicted molar refractivity (Wildman–Crippen MR) is 58.5 cm³/mol. The molecule has 0 saturated carbocycles. The van der Waals surface area contributed by atoms with Gasteiger partial charge in [-0.15, -0.1) is 0 Å². The number of nitrogens with one attached hydrogen (secondary N) is 1. The number of nitrogens with zero attached hydrogens (tertiary/aromatic N) is 1. The Hall–Kier alpha value is -0.780. The smallest absolute Gasteiger partial charge is 0.342 e. The highest BCUT2D eigenvalue weighted by Crippen LogP contribution is 2.23. The third-order valence-corrected chi connectivity index (χ3v) is 2.99. The van der Waals surface area contributed by atoms with Crippen LogP contribution in [0.15, 0.2) is 0 Å². The Morgan fingerprint density at radius 2 is 2.18 bits per heavy atom. The van der Waals surface area contributed by atoms with Crippen LogP contribution in [-0.4, -0.2) is 43.7 Å². The molecule has 1 rings (SSSR count). The number of likely N-dealkylation sites (tertiary alicyclic amines) is 1. The predicted octanol–water partition coefficient (Wildman–Crippen LogP) is 1.79. The number of piperidine rings is 1. The van der Waals surface area contributed by atoms with E-state index in [1.807, 2.05) is 7.05 Å². The summed E-state index contributed by atoms with van der Waals surface area (Å²) in [4.78, 5) is 13.2. The Bertz CT molecular complexity index is 254. The first kappa shape index (κ1) is 14.3. The van der Waals surface area contributed by atoms with Gasteiger partial charge in [0.05, 0.1) is 6.42 Å². The average molecular weight is 252 g/mol. The van der Waals surface area contributed by atoms with Gasteiger partial charge in [-0.2, -0.15) is 13.2 Å². The number of carbonyl (C=O) groups is 1. The van der Waals surface area contributed by atoms with Crippen molar-refractivity contribution in [2.45, 2.75) is 31.9 Å². The summed E-state index contributed by atoms with van der Waals surface area (Å²) < 4.78 is 36.0. The molecule has 0 unspecified atom stereocenters. The summed E-state index contributed by atoms with van der Waals surface area (Å²) >= 11 is 0. The summed E-state index contributed by atoms with van der Waals surface area (Å²) in [5.41, 5.74) is 0. The Balaban J connectivity index is 2.36. The van der Waals surface area contributed by atoms with Crippen LogP contribution in [0.1, 0.15) is 25.7 Å².